The Labute approximate surface area is 147 Å². The van der Waals surface area contributed by atoms with Crippen LogP contribution in [0.3, 0.4) is 0 Å². The number of pyridine rings is 3. The van der Waals surface area contributed by atoms with Crippen molar-refractivity contribution in [1.29, 1.82) is 0 Å². The van der Waals surface area contributed by atoms with Gasteiger partial charge in [-0.05, 0) is 48.9 Å². The molecule has 0 aliphatic rings. The Morgan fingerprint density at radius 3 is 1.92 bits per heavy atom. The first-order valence-corrected chi connectivity index (χ1v) is 8.22. The van der Waals surface area contributed by atoms with E-state index in [0.717, 1.165) is 33.9 Å². The van der Waals surface area contributed by atoms with Crippen LogP contribution in [0.5, 0.6) is 0 Å². The first-order chi connectivity index (χ1) is 12.3. The molecule has 0 saturated heterocycles. The highest BCUT2D eigenvalue weighted by Gasteiger charge is 2.12. The lowest BCUT2D eigenvalue weighted by Gasteiger charge is -2.11. The Kier molecular flexibility index (Phi) is 4.05. The van der Waals surface area contributed by atoms with Gasteiger partial charge in [0.25, 0.3) is 0 Å². The van der Waals surface area contributed by atoms with Gasteiger partial charge in [0, 0.05) is 18.0 Å². The van der Waals surface area contributed by atoms with Crippen LogP contribution in [-0.4, -0.2) is 15.0 Å². The number of rotatable bonds is 3. The lowest BCUT2D eigenvalue weighted by molar-refractivity contribution is 1.22. The van der Waals surface area contributed by atoms with Crippen molar-refractivity contribution in [3.05, 3.63) is 90.8 Å². The molecule has 3 heterocycles. The number of benzene rings is 1. The van der Waals surface area contributed by atoms with Gasteiger partial charge >= 0.3 is 0 Å². The number of aryl methyl sites for hydroxylation is 1. The molecule has 0 atom stereocenters. The van der Waals surface area contributed by atoms with Gasteiger partial charge in [-0.3, -0.25) is 9.97 Å². The molecule has 3 nitrogen and oxygen atoms in total. The molecule has 0 N–H and O–H groups in total. The van der Waals surface area contributed by atoms with E-state index in [2.05, 4.69) is 47.2 Å². The van der Waals surface area contributed by atoms with E-state index in [4.69, 9.17) is 4.98 Å². The van der Waals surface area contributed by atoms with Crippen molar-refractivity contribution in [3.63, 3.8) is 0 Å². The van der Waals surface area contributed by atoms with Gasteiger partial charge in [-0.2, -0.15) is 0 Å². The zero-order chi connectivity index (χ0) is 17.1. The van der Waals surface area contributed by atoms with Crippen LogP contribution < -0.4 is 0 Å². The minimum absolute atomic E-state index is 0.845. The molecule has 25 heavy (non-hydrogen) atoms. The summed E-state index contributed by atoms with van der Waals surface area (Å²) in [6.07, 6.45) is 3.58. The zero-order valence-electron chi connectivity index (χ0n) is 13.9. The summed E-state index contributed by atoms with van der Waals surface area (Å²) < 4.78 is 0. The predicted molar refractivity (Wildman–Crippen MR) is 101 cm³/mol. The quantitative estimate of drug-likeness (QED) is 0.521. The molecule has 4 rings (SSSR count). The summed E-state index contributed by atoms with van der Waals surface area (Å²) in [5, 5.41) is 0. The maximum Gasteiger partial charge on any atom is 0.0972 e. The standard InChI is InChI=1S/C22H17N3/c1-16-8-10-17(11-9-16)18-12-13-20(19-6-2-4-14-23-19)25-22(18)21-7-3-5-15-24-21/h2-15H,1H3. The van der Waals surface area contributed by atoms with Crippen LogP contribution in [0.2, 0.25) is 0 Å². The van der Waals surface area contributed by atoms with Crippen LogP contribution in [0.25, 0.3) is 33.9 Å². The van der Waals surface area contributed by atoms with E-state index < -0.39 is 0 Å². The molecule has 0 aliphatic heterocycles. The molecule has 0 bridgehead atoms. The summed E-state index contributed by atoms with van der Waals surface area (Å²) in [7, 11) is 0. The summed E-state index contributed by atoms with van der Waals surface area (Å²) in [6.45, 7) is 2.09. The molecule has 0 saturated carbocycles. The second-order valence-corrected chi connectivity index (χ2v) is 5.89. The molecule has 0 radical (unpaired) electrons. The molecule has 1 aromatic carbocycles. The van der Waals surface area contributed by atoms with E-state index in [1.165, 1.54) is 5.56 Å². The van der Waals surface area contributed by atoms with Gasteiger partial charge in [0.2, 0.25) is 0 Å². The van der Waals surface area contributed by atoms with Gasteiger partial charge in [-0.1, -0.05) is 42.0 Å². The largest absolute Gasteiger partial charge is 0.255 e. The number of nitrogens with zero attached hydrogens (tertiary/aromatic N) is 3. The van der Waals surface area contributed by atoms with Crippen LogP contribution in [0, 0.1) is 6.92 Å². The molecule has 0 amide bonds. The van der Waals surface area contributed by atoms with Gasteiger partial charge in [-0.25, -0.2) is 4.98 Å². The van der Waals surface area contributed by atoms with Crippen molar-refractivity contribution in [2.24, 2.45) is 0 Å². The van der Waals surface area contributed by atoms with Gasteiger partial charge in [0.15, 0.2) is 0 Å². The van der Waals surface area contributed by atoms with E-state index in [1.54, 1.807) is 12.4 Å². The Balaban J connectivity index is 1.91. The summed E-state index contributed by atoms with van der Waals surface area (Å²) in [5.41, 5.74) is 6.86. The lowest BCUT2D eigenvalue weighted by atomic mass is 10.00. The molecule has 0 unspecified atom stereocenters. The van der Waals surface area contributed by atoms with E-state index in [-0.39, 0.29) is 0 Å². The molecule has 120 valence electrons. The van der Waals surface area contributed by atoms with Gasteiger partial charge in [0.1, 0.15) is 0 Å². The minimum atomic E-state index is 0.845. The molecule has 0 aliphatic carbocycles. The maximum absolute atomic E-state index is 4.89. The van der Waals surface area contributed by atoms with Crippen molar-refractivity contribution >= 4 is 0 Å². The fraction of sp³-hybridized carbons (Fsp3) is 0.0455. The zero-order valence-corrected chi connectivity index (χ0v) is 13.9. The Bertz CT molecular complexity index is 979. The van der Waals surface area contributed by atoms with Crippen LogP contribution in [0.4, 0.5) is 0 Å². The minimum Gasteiger partial charge on any atom is -0.255 e. The van der Waals surface area contributed by atoms with Gasteiger partial charge < -0.3 is 0 Å². The van der Waals surface area contributed by atoms with Gasteiger partial charge in [-0.15, -0.1) is 0 Å². The molecule has 3 aromatic heterocycles. The third-order valence-electron chi connectivity index (χ3n) is 4.09. The highest BCUT2D eigenvalue weighted by Crippen LogP contribution is 2.31. The van der Waals surface area contributed by atoms with Crippen LogP contribution in [-0.2, 0) is 0 Å². The normalized spacial score (nSPS) is 10.6. The summed E-state index contributed by atoms with van der Waals surface area (Å²) in [5.74, 6) is 0. The summed E-state index contributed by atoms with van der Waals surface area (Å²) >= 11 is 0. The third-order valence-corrected chi connectivity index (χ3v) is 4.09. The smallest absolute Gasteiger partial charge is 0.0972 e. The van der Waals surface area contributed by atoms with Crippen molar-refractivity contribution in [3.8, 4) is 33.9 Å². The first-order valence-electron chi connectivity index (χ1n) is 8.22. The number of hydrogen-bond acceptors (Lipinski definition) is 3. The van der Waals surface area contributed by atoms with E-state index in [0.29, 0.717) is 0 Å². The number of hydrogen-bond donors (Lipinski definition) is 0. The van der Waals surface area contributed by atoms with E-state index in [1.807, 2.05) is 42.5 Å². The topological polar surface area (TPSA) is 38.7 Å². The molecule has 4 aromatic rings. The fourth-order valence-corrected chi connectivity index (χ4v) is 2.78. The monoisotopic (exact) mass is 323 g/mol. The number of aromatic nitrogens is 3. The Morgan fingerprint density at radius 2 is 1.28 bits per heavy atom. The van der Waals surface area contributed by atoms with Gasteiger partial charge in [0.05, 0.1) is 22.8 Å². The fourth-order valence-electron chi connectivity index (χ4n) is 2.78. The molecular formula is C22H17N3. The third kappa shape index (κ3) is 3.17. The highest BCUT2D eigenvalue weighted by molar-refractivity contribution is 5.81. The second-order valence-electron chi connectivity index (χ2n) is 5.89. The van der Waals surface area contributed by atoms with Crippen LogP contribution in [0.1, 0.15) is 5.56 Å². The SMILES string of the molecule is Cc1ccc(-c2ccc(-c3ccccn3)nc2-c2ccccn2)cc1. The van der Waals surface area contributed by atoms with E-state index >= 15 is 0 Å². The average Bonchev–Trinajstić information content (AvgIpc) is 2.70. The van der Waals surface area contributed by atoms with Crippen molar-refractivity contribution in [2.75, 3.05) is 0 Å². The molecule has 3 heteroatoms. The average molecular weight is 323 g/mol. The maximum atomic E-state index is 4.89. The second kappa shape index (κ2) is 6.65. The molecule has 0 spiro atoms. The van der Waals surface area contributed by atoms with Crippen molar-refractivity contribution in [2.45, 2.75) is 6.92 Å². The summed E-state index contributed by atoms with van der Waals surface area (Å²) in [4.78, 5) is 13.8. The molecular weight excluding hydrogens is 306 g/mol. The predicted octanol–water partition coefficient (Wildman–Crippen LogP) is 5.18. The highest BCUT2D eigenvalue weighted by atomic mass is 14.8. The van der Waals surface area contributed by atoms with Crippen LogP contribution in [0.15, 0.2) is 85.2 Å². The molecule has 0 fully saturated rings. The summed E-state index contributed by atoms with van der Waals surface area (Å²) in [6, 6.07) is 24.3. The van der Waals surface area contributed by atoms with Crippen LogP contribution >= 0.6 is 0 Å². The van der Waals surface area contributed by atoms with Crippen molar-refractivity contribution in [1.82, 2.24) is 15.0 Å². The Hall–Kier alpha value is -3.33. The Morgan fingerprint density at radius 1 is 0.600 bits per heavy atom. The van der Waals surface area contributed by atoms with E-state index in [9.17, 15) is 0 Å². The first kappa shape index (κ1) is 15.2. The lowest BCUT2D eigenvalue weighted by Crippen LogP contribution is -1.95. The van der Waals surface area contributed by atoms with Crippen molar-refractivity contribution < 1.29 is 0 Å².